The van der Waals surface area contributed by atoms with Crippen LogP contribution >= 0.6 is 11.8 Å². The van der Waals surface area contributed by atoms with Crippen molar-refractivity contribution in [2.24, 2.45) is 4.99 Å². The van der Waals surface area contributed by atoms with Gasteiger partial charge in [-0.25, -0.2) is 4.79 Å². The van der Waals surface area contributed by atoms with Crippen LogP contribution in [0.2, 0.25) is 0 Å². The minimum atomic E-state index is -0.719. The van der Waals surface area contributed by atoms with E-state index in [1.807, 2.05) is 54.6 Å². The van der Waals surface area contributed by atoms with Gasteiger partial charge in [0.2, 0.25) is 6.08 Å². The average molecular weight is 373 g/mol. The lowest BCUT2D eigenvalue weighted by atomic mass is 9.84. The molecule has 27 heavy (non-hydrogen) atoms. The zero-order valence-electron chi connectivity index (χ0n) is 14.7. The third-order valence-corrected chi connectivity index (χ3v) is 6.04. The van der Waals surface area contributed by atoms with Crippen LogP contribution in [0, 0.1) is 0 Å². The first-order chi connectivity index (χ1) is 13.3. The molecule has 0 saturated heterocycles. The summed E-state index contributed by atoms with van der Waals surface area (Å²) < 4.78 is -0.524. The van der Waals surface area contributed by atoms with Crippen molar-refractivity contribution < 1.29 is 9.59 Å². The molecule has 0 N–H and O–H groups in total. The van der Waals surface area contributed by atoms with Crippen molar-refractivity contribution in [3.63, 3.8) is 0 Å². The number of isocyanates is 1. The van der Waals surface area contributed by atoms with E-state index in [9.17, 15) is 9.59 Å². The fourth-order valence-electron chi connectivity index (χ4n) is 3.15. The van der Waals surface area contributed by atoms with E-state index in [2.05, 4.69) is 41.4 Å². The number of aliphatic imine (C=N–C) groups is 1. The van der Waals surface area contributed by atoms with Crippen LogP contribution in [-0.2, 0) is 14.3 Å². The number of rotatable bonds is 8. The molecule has 0 aliphatic heterocycles. The highest BCUT2D eigenvalue weighted by Crippen LogP contribution is 2.48. The van der Waals surface area contributed by atoms with E-state index in [1.165, 1.54) is 6.08 Å². The second kappa shape index (κ2) is 9.13. The van der Waals surface area contributed by atoms with Gasteiger partial charge >= 0.3 is 0 Å². The molecule has 0 aromatic heterocycles. The van der Waals surface area contributed by atoms with Gasteiger partial charge in [-0.2, -0.15) is 4.99 Å². The van der Waals surface area contributed by atoms with Crippen LogP contribution in [0.4, 0.5) is 0 Å². The first-order valence-corrected chi connectivity index (χ1v) is 9.62. The number of nitrogens with zero attached hydrogens (tertiary/aromatic N) is 1. The maximum atomic E-state index is 11.3. The molecule has 0 fully saturated rings. The van der Waals surface area contributed by atoms with E-state index in [1.54, 1.807) is 11.8 Å². The molecule has 0 spiro atoms. The minimum absolute atomic E-state index is 0.372. The van der Waals surface area contributed by atoms with Gasteiger partial charge in [0.25, 0.3) is 0 Å². The topological polar surface area (TPSA) is 46.5 Å². The summed E-state index contributed by atoms with van der Waals surface area (Å²) in [6.45, 7) is 0. The fourth-order valence-corrected chi connectivity index (χ4v) is 4.64. The lowest BCUT2D eigenvalue weighted by Crippen LogP contribution is -2.28. The van der Waals surface area contributed by atoms with Crippen molar-refractivity contribution in [3.8, 4) is 0 Å². The van der Waals surface area contributed by atoms with Crippen molar-refractivity contribution >= 4 is 24.1 Å². The lowest BCUT2D eigenvalue weighted by molar-refractivity contribution is -0.108. The smallest absolute Gasteiger partial charge is 0.235 e. The van der Waals surface area contributed by atoms with Crippen molar-refractivity contribution in [3.05, 3.63) is 108 Å². The highest BCUT2D eigenvalue weighted by molar-refractivity contribution is 8.00. The summed E-state index contributed by atoms with van der Waals surface area (Å²) in [6, 6.07) is 29.8. The van der Waals surface area contributed by atoms with E-state index in [-0.39, 0.29) is 0 Å². The van der Waals surface area contributed by atoms with Crippen molar-refractivity contribution in [2.75, 3.05) is 5.75 Å². The predicted octanol–water partition coefficient (Wildman–Crippen LogP) is 4.62. The molecule has 0 aliphatic carbocycles. The Labute approximate surface area is 163 Å². The minimum Gasteiger partial charge on any atom is -0.301 e. The van der Waals surface area contributed by atoms with Gasteiger partial charge < -0.3 is 4.79 Å². The molecule has 0 radical (unpaired) electrons. The third-order valence-electron chi connectivity index (χ3n) is 4.39. The molecule has 0 heterocycles. The van der Waals surface area contributed by atoms with E-state index < -0.39 is 10.8 Å². The van der Waals surface area contributed by atoms with Gasteiger partial charge in [-0.1, -0.05) is 91.0 Å². The van der Waals surface area contributed by atoms with E-state index in [4.69, 9.17) is 0 Å². The molecule has 0 saturated carbocycles. The van der Waals surface area contributed by atoms with Crippen molar-refractivity contribution in [1.82, 2.24) is 0 Å². The van der Waals surface area contributed by atoms with Gasteiger partial charge in [0, 0.05) is 5.75 Å². The first-order valence-electron chi connectivity index (χ1n) is 8.64. The zero-order valence-corrected chi connectivity index (χ0v) is 15.5. The third kappa shape index (κ3) is 4.08. The summed E-state index contributed by atoms with van der Waals surface area (Å²) in [7, 11) is 0. The Hall–Kier alpha value is -2.94. The highest BCUT2D eigenvalue weighted by Gasteiger charge is 2.37. The normalized spacial score (nSPS) is 12.0. The number of carbonyl (C=O) groups is 1. The summed E-state index contributed by atoms with van der Waals surface area (Å²) >= 11 is 1.60. The molecule has 4 heteroatoms. The van der Waals surface area contributed by atoms with E-state index in [0.717, 1.165) is 16.7 Å². The highest BCUT2D eigenvalue weighted by atomic mass is 32.2. The van der Waals surface area contributed by atoms with Crippen molar-refractivity contribution in [1.29, 1.82) is 0 Å². The van der Waals surface area contributed by atoms with E-state index >= 15 is 0 Å². The van der Waals surface area contributed by atoms with Crippen LogP contribution < -0.4 is 0 Å². The van der Waals surface area contributed by atoms with Gasteiger partial charge in [0.15, 0.2) is 0 Å². The molecular weight excluding hydrogens is 354 g/mol. The Morgan fingerprint density at radius 3 is 1.56 bits per heavy atom. The van der Waals surface area contributed by atoms with Gasteiger partial charge in [0.05, 0.1) is 4.75 Å². The van der Waals surface area contributed by atoms with Gasteiger partial charge in [-0.15, -0.1) is 11.8 Å². The maximum absolute atomic E-state index is 11.3. The Morgan fingerprint density at radius 2 is 1.22 bits per heavy atom. The Kier molecular flexibility index (Phi) is 6.37. The van der Waals surface area contributed by atoms with Crippen LogP contribution in [0.15, 0.2) is 96.0 Å². The number of carbonyl (C=O) groups excluding carboxylic acids is 2. The quantitative estimate of drug-likeness (QED) is 0.251. The summed E-state index contributed by atoms with van der Waals surface area (Å²) in [5, 5.41) is 0. The van der Waals surface area contributed by atoms with Crippen LogP contribution in [0.5, 0.6) is 0 Å². The first kappa shape index (κ1) is 18.8. The Balaban J connectivity index is 2.19. The Bertz CT molecular complexity index is 810. The Morgan fingerprint density at radius 1 is 0.815 bits per heavy atom. The predicted molar refractivity (Wildman–Crippen MR) is 110 cm³/mol. The van der Waals surface area contributed by atoms with Crippen LogP contribution in [0.3, 0.4) is 0 Å². The monoisotopic (exact) mass is 373 g/mol. The second-order valence-electron chi connectivity index (χ2n) is 6.01. The van der Waals surface area contributed by atoms with Gasteiger partial charge in [0.1, 0.15) is 12.3 Å². The SMILES string of the molecule is O=C=NC(C=O)CSC(c1ccccc1)(c1ccccc1)c1ccccc1. The number of hydrogen-bond acceptors (Lipinski definition) is 4. The molecular formula is C23H19NO2S. The molecule has 3 nitrogen and oxygen atoms in total. The molecule has 0 aliphatic rings. The van der Waals surface area contributed by atoms with Gasteiger partial charge in [-0.05, 0) is 16.7 Å². The fraction of sp³-hybridized carbons (Fsp3) is 0.130. The summed E-state index contributed by atoms with van der Waals surface area (Å²) in [4.78, 5) is 25.6. The molecule has 134 valence electrons. The number of thioether (sulfide) groups is 1. The molecule has 3 aromatic rings. The summed E-state index contributed by atoms with van der Waals surface area (Å²) in [5.74, 6) is 0.372. The second-order valence-corrected chi connectivity index (χ2v) is 7.25. The van der Waals surface area contributed by atoms with Crippen molar-refractivity contribution in [2.45, 2.75) is 10.8 Å². The largest absolute Gasteiger partial charge is 0.301 e. The average Bonchev–Trinajstić information content (AvgIpc) is 2.75. The van der Waals surface area contributed by atoms with Gasteiger partial charge in [-0.3, -0.25) is 0 Å². The maximum Gasteiger partial charge on any atom is 0.235 e. The van der Waals surface area contributed by atoms with Crippen LogP contribution in [-0.4, -0.2) is 24.2 Å². The number of aldehydes is 1. The van der Waals surface area contributed by atoms with E-state index in [0.29, 0.717) is 12.0 Å². The molecule has 1 unspecified atom stereocenters. The summed E-state index contributed by atoms with van der Waals surface area (Å²) in [6.07, 6.45) is 2.20. The molecule has 1 atom stereocenters. The lowest BCUT2D eigenvalue weighted by Gasteiger charge is -2.35. The zero-order chi connectivity index (χ0) is 19.0. The standard InChI is InChI=1S/C23H19NO2S/c25-16-22(24-18-26)17-27-23(19-10-4-1-5-11-19,20-12-6-2-7-13-20)21-14-8-3-9-15-21/h1-16,22H,17H2. The number of hydrogen-bond donors (Lipinski definition) is 0. The van der Waals surface area contributed by atoms with Crippen LogP contribution in [0.25, 0.3) is 0 Å². The molecule has 3 aromatic carbocycles. The molecule has 0 amide bonds. The summed E-state index contributed by atoms with van der Waals surface area (Å²) in [5.41, 5.74) is 3.31. The molecule has 0 bridgehead atoms. The van der Waals surface area contributed by atoms with Crippen LogP contribution in [0.1, 0.15) is 16.7 Å². The number of benzene rings is 3. The molecule has 3 rings (SSSR count).